The van der Waals surface area contributed by atoms with E-state index in [0.717, 1.165) is 5.56 Å². The van der Waals surface area contributed by atoms with Crippen LogP contribution in [0.5, 0.6) is 0 Å². The van der Waals surface area contributed by atoms with Gasteiger partial charge in [-0.15, -0.1) is 12.4 Å². The van der Waals surface area contributed by atoms with Crippen molar-refractivity contribution in [3.8, 4) is 0 Å². The van der Waals surface area contributed by atoms with Gasteiger partial charge in [0.1, 0.15) is 0 Å². The first-order valence-corrected chi connectivity index (χ1v) is 6.08. The van der Waals surface area contributed by atoms with E-state index >= 15 is 0 Å². The highest BCUT2D eigenvalue weighted by Gasteiger charge is 2.31. The maximum absolute atomic E-state index is 11.3. The summed E-state index contributed by atoms with van der Waals surface area (Å²) in [6, 6.07) is 9.49. The second kappa shape index (κ2) is 7.33. The van der Waals surface area contributed by atoms with Gasteiger partial charge in [0.2, 0.25) is 0 Å². The van der Waals surface area contributed by atoms with Gasteiger partial charge in [0.25, 0.3) is 0 Å². The fraction of sp³-hybridized carbons (Fsp3) is 0.462. The number of hydrogen-bond donors (Lipinski definition) is 3. The highest BCUT2D eigenvalue weighted by atomic mass is 35.5. The van der Waals surface area contributed by atoms with E-state index in [2.05, 4.69) is 5.32 Å². The van der Waals surface area contributed by atoms with Crippen molar-refractivity contribution in [2.75, 3.05) is 13.2 Å². The van der Waals surface area contributed by atoms with E-state index in [0.29, 0.717) is 19.5 Å². The van der Waals surface area contributed by atoms with Crippen molar-refractivity contribution in [1.29, 1.82) is 0 Å². The summed E-state index contributed by atoms with van der Waals surface area (Å²) in [4.78, 5) is 12.8. The lowest BCUT2D eigenvalue weighted by Gasteiger charge is -2.25. The number of benzene rings is 1. The van der Waals surface area contributed by atoms with Crippen molar-refractivity contribution < 1.29 is 15.0 Å². The number of aliphatic hydroxyl groups is 1. The van der Waals surface area contributed by atoms with Crippen LogP contribution in [0, 0.1) is 0 Å². The molecule has 0 unspecified atom stereocenters. The molecule has 0 radical (unpaired) electrons. The van der Waals surface area contributed by atoms with Crippen molar-refractivity contribution in [3.63, 3.8) is 0 Å². The summed E-state index contributed by atoms with van der Waals surface area (Å²) in [7, 11) is 0. The summed E-state index contributed by atoms with van der Waals surface area (Å²) in [6.07, 6.45) is -0.250. The molecular weight excluding hydrogens is 268 g/mol. The monoisotopic (exact) mass is 286 g/mol. The van der Waals surface area contributed by atoms with Gasteiger partial charge in [-0.2, -0.15) is 0 Å². The molecule has 0 bridgehead atoms. The van der Waals surface area contributed by atoms with E-state index < -0.39 is 6.09 Å². The number of nitrogens with one attached hydrogen (secondary N) is 1. The van der Waals surface area contributed by atoms with Crippen LogP contribution < -0.4 is 5.32 Å². The minimum atomic E-state index is -0.913. The van der Waals surface area contributed by atoms with Gasteiger partial charge < -0.3 is 15.5 Å². The van der Waals surface area contributed by atoms with Gasteiger partial charge in [-0.25, -0.2) is 4.79 Å². The third-order valence-corrected chi connectivity index (χ3v) is 3.30. The lowest BCUT2D eigenvalue weighted by Crippen LogP contribution is -2.40. The highest BCUT2D eigenvalue weighted by molar-refractivity contribution is 5.85. The molecule has 1 amide bonds. The van der Waals surface area contributed by atoms with Crippen LogP contribution in [0.15, 0.2) is 30.3 Å². The average Bonchev–Trinajstić information content (AvgIpc) is 2.85. The Morgan fingerprint density at radius 3 is 2.58 bits per heavy atom. The lowest BCUT2D eigenvalue weighted by molar-refractivity contribution is 0.123. The molecule has 106 valence electrons. The zero-order valence-corrected chi connectivity index (χ0v) is 11.3. The smallest absolute Gasteiger partial charge is 0.407 e. The first-order chi connectivity index (χ1) is 8.70. The van der Waals surface area contributed by atoms with Gasteiger partial charge >= 0.3 is 6.09 Å². The van der Waals surface area contributed by atoms with Crippen LogP contribution in [-0.2, 0) is 6.54 Å². The van der Waals surface area contributed by atoms with Crippen LogP contribution in [0.1, 0.15) is 12.0 Å². The van der Waals surface area contributed by atoms with Gasteiger partial charge in [-0.1, -0.05) is 30.3 Å². The average molecular weight is 287 g/mol. The molecule has 1 aromatic rings. The Hall–Kier alpha value is -1.30. The number of aliphatic hydroxyl groups excluding tert-OH is 1. The van der Waals surface area contributed by atoms with E-state index in [1.54, 1.807) is 0 Å². The third-order valence-electron chi connectivity index (χ3n) is 3.30. The largest absolute Gasteiger partial charge is 0.465 e. The Balaban J connectivity index is 0.00000180. The van der Waals surface area contributed by atoms with Crippen LogP contribution in [0.2, 0.25) is 0 Å². The number of amides is 1. The first kappa shape index (κ1) is 15.8. The molecule has 1 aliphatic rings. The fourth-order valence-electron chi connectivity index (χ4n) is 2.31. The number of rotatable bonds is 4. The topological polar surface area (TPSA) is 72.8 Å². The summed E-state index contributed by atoms with van der Waals surface area (Å²) in [6.45, 7) is 1.04. The molecule has 19 heavy (non-hydrogen) atoms. The van der Waals surface area contributed by atoms with Gasteiger partial charge in [-0.05, 0) is 12.0 Å². The first-order valence-electron chi connectivity index (χ1n) is 6.08. The third kappa shape index (κ3) is 4.09. The van der Waals surface area contributed by atoms with E-state index in [1.807, 2.05) is 30.3 Å². The predicted molar refractivity (Wildman–Crippen MR) is 74.5 cm³/mol. The molecule has 5 nitrogen and oxygen atoms in total. The van der Waals surface area contributed by atoms with Crippen LogP contribution >= 0.6 is 12.4 Å². The Kier molecular flexibility index (Phi) is 6.08. The zero-order chi connectivity index (χ0) is 13.0. The van der Waals surface area contributed by atoms with Crippen molar-refractivity contribution in [2.45, 2.75) is 25.0 Å². The SMILES string of the molecule is Cl.O=C(O)N(Cc1ccccc1)[C@H]1CN[C@H](CO)C1. The normalized spacial score (nSPS) is 21.7. The summed E-state index contributed by atoms with van der Waals surface area (Å²) < 4.78 is 0. The molecule has 0 aliphatic carbocycles. The molecule has 0 saturated carbocycles. The van der Waals surface area contributed by atoms with E-state index in [-0.39, 0.29) is 31.1 Å². The molecule has 1 aliphatic heterocycles. The molecule has 1 aromatic carbocycles. The lowest BCUT2D eigenvalue weighted by atomic mass is 10.1. The Bertz CT molecular complexity index is 402. The molecule has 1 heterocycles. The van der Waals surface area contributed by atoms with E-state index in [1.165, 1.54) is 4.90 Å². The van der Waals surface area contributed by atoms with Crippen LogP contribution in [0.3, 0.4) is 0 Å². The summed E-state index contributed by atoms with van der Waals surface area (Å²) in [5.74, 6) is 0. The summed E-state index contributed by atoms with van der Waals surface area (Å²) >= 11 is 0. The minimum absolute atomic E-state index is 0. The van der Waals surface area contributed by atoms with Crippen molar-refractivity contribution in [1.82, 2.24) is 10.2 Å². The maximum Gasteiger partial charge on any atom is 0.407 e. The molecule has 2 rings (SSSR count). The molecule has 1 fully saturated rings. The second-order valence-electron chi connectivity index (χ2n) is 4.57. The molecule has 2 atom stereocenters. The standard InChI is InChI=1S/C13H18N2O3.ClH/c16-9-11-6-12(7-14-11)15(13(17)18)8-10-4-2-1-3-5-10;/h1-5,11-12,14,16H,6-9H2,(H,17,18);1H/t11-,12+;/m0./s1. The number of nitrogens with zero attached hydrogens (tertiary/aromatic N) is 1. The molecular formula is C13H19ClN2O3. The van der Waals surface area contributed by atoms with Crippen molar-refractivity contribution in [3.05, 3.63) is 35.9 Å². The van der Waals surface area contributed by atoms with Gasteiger partial charge in [0, 0.05) is 25.2 Å². The number of carbonyl (C=O) groups is 1. The fourth-order valence-corrected chi connectivity index (χ4v) is 2.31. The quantitative estimate of drug-likeness (QED) is 0.780. The molecule has 3 N–H and O–H groups in total. The Morgan fingerprint density at radius 1 is 1.37 bits per heavy atom. The van der Waals surface area contributed by atoms with E-state index in [9.17, 15) is 9.90 Å². The van der Waals surface area contributed by atoms with Crippen LogP contribution in [0.4, 0.5) is 4.79 Å². The molecule has 1 saturated heterocycles. The molecule has 0 aromatic heterocycles. The minimum Gasteiger partial charge on any atom is -0.465 e. The zero-order valence-electron chi connectivity index (χ0n) is 10.5. The summed E-state index contributed by atoms with van der Waals surface area (Å²) in [5, 5.41) is 21.5. The van der Waals surface area contributed by atoms with Gasteiger partial charge in [0.15, 0.2) is 0 Å². The second-order valence-corrected chi connectivity index (χ2v) is 4.57. The number of hydrogen-bond acceptors (Lipinski definition) is 3. The Morgan fingerprint density at radius 2 is 2.05 bits per heavy atom. The molecule has 0 spiro atoms. The van der Waals surface area contributed by atoms with Crippen molar-refractivity contribution in [2.24, 2.45) is 0 Å². The van der Waals surface area contributed by atoms with E-state index in [4.69, 9.17) is 5.11 Å². The number of carboxylic acid groups (broad SMARTS) is 1. The number of halogens is 1. The maximum atomic E-state index is 11.3. The van der Waals surface area contributed by atoms with Gasteiger partial charge in [0.05, 0.1) is 6.61 Å². The highest BCUT2D eigenvalue weighted by Crippen LogP contribution is 2.16. The van der Waals surface area contributed by atoms with Gasteiger partial charge in [-0.3, -0.25) is 4.90 Å². The predicted octanol–water partition coefficient (Wildman–Crippen LogP) is 1.31. The molecule has 6 heteroatoms. The van der Waals surface area contributed by atoms with Crippen molar-refractivity contribution >= 4 is 18.5 Å². The Labute approximate surface area is 118 Å². The van der Waals surface area contributed by atoms with Crippen LogP contribution in [0.25, 0.3) is 0 Å². The van der Waals surface area contributed by atoms with Crippen LogP contribution in [-0.4, -0.2) is 46.4 Å². The summed E-state index contributed by atoms with van der Waals surface area (Å²) in [5.41, 5.74) is 0.979.